The maximum absolute atomic E-state index is 12.4. The minimum Gasteiger partial charge on any atom is -0.480 e. The smallest absolute Gasteiger partial charge is 0.326 e. The second-order valence-corrected chi connectivity index (χ2v) is 6.62. The summed E-state index contributed by atoms with van der Waals surface area (Å²) in [5.41, 5.74) is 10.9. The molecule has 10 nitrogen and oxygen atoms in total. The minimum atomic E-state index is -1.15. The Hall–Kier alpha value is -2.20. The van der Waals surface area contributed by atoms with Crippen molar-refractivity contribution in [1.29, 1.82) is 0 Å². The summed E-state index contributed by atoms with van der Waals surface area (Å²) < 4.78 is 0. The Bertz CT molecular complexity index is 512. The average Bonchev–Trinajstić information content (AvgIpc) is 2.62. The Morgan fingerprint density at radius 2 is 1.67 bits per heavy atom. The second-order valence-electron chi connectivity index (χ2n) is 6.62. The zero-order chi connectivity index (χ0) is 21.0. The molecule has 0 spiro atoms. The van der Waals surface area contributed by atoms with Gasteiger partial charge in [0, 0.05) is 0 Å². The fraction of sp³-hybridized carbons (Fsp3) is 0.765. The van der Waals surface area contributed by atoms with Gasteiger partial charge in [0.2, 0.25) is 17.7 Å². The van der Waals surface area contributed by atoms with Gasteiger partial charge in [-0.05, 0) is 38.6 Å². The molecule has 0 aromatic rings. The van der Waals surface area contributed by atoms with Crippen molar-refractivity contribution in [3.05, 3.63) is 0 Å². The van der Waals surface area contributed by atoms with Crippen LogP contribution in [0.2, 0.25) is 0 Å². The topological polar surface area (TPSA) is 177 Å². The van der Waals surface area contributed by atoms with Crippen LogP contribution in [0.5, 0.6) is 0 Å². The molecule has 0 heterocycles. The second kappa shape index (κ2) is 13.0. The van der Waals surface area contributed by atoms with Crippen LogP contribution in [0.25, 0.3) is 0 Å². The van der Waals surface area contributed by atoms with Gasteiger partial charge in [0.05, 0.1) is 12.6 Å². The summed E-state index contributed by atoms with van der Waals surface area (Å²) in [5.74, 6) is -2.92. The van der Waals surface area contributed by atoms with Gasteiger partial charge in [-0.25, -0.2) is 4.79 Å². The van der Waals surface area contributed by atoms with E-state index in [9.17, 15) is 19.2 Å². The quantitative estimate of drug-likeness (QED) is 0.212. The van der Waals surface area contributed by atoms with Crippen molar-refractivity contribution in [2.24, 2.45) is 17.4 Å². The van der Waals surface area contributed by atoms with Crippen LogP contribution >= 0.6 is 0 Å². The van der Waals surface area contributed by atoms with E-state index in [0.29, 0.717) is 25.8 Å². The van der Waals surface area contributed by atoms with Crippen LogP contribution in [-0.4, -0.2) is 60.0 Å². The zero-order valence-corrected chi connectivity index (χ0v) is 16.3. The summed E-state index contributed by atoms with van der Waals surface area (Å²) >= 11 is 0. The largest absolute Gasteiger partial charge is 0.480 e. The summed E-state index contributed by atoms with van der Waals surface area (Å²) in [5, 5.41) is 16.5. The van der Waals surface area contributed by atoms with Gasteiger partial charge in [0.1, 0.15) is 12.1 Å². The number of carboxylic acid groups (broad SMARTS) is 1. The molecule has 4 unspecified atom stereocenters. The number of nitrogens with two attached hydrogens (primary N) is 2. The lowest BCUT2D eigenvalue weighted by Crippen LogP contribution is -2.55. The van der Waals surface area contributed by atoms with Crippen LogP contribution in [0.1, 0.15) is 46.5 Å². The fourth-order valence-electron chi connectivity index (χ4n) is 2.26. The molecule has 27 heavy (non-hydrogen) atoms. The van der Waals surface area contributed by atoms with E-state index in [2.05, 4.69) is 16.0 Å². The SMILES string of the molecule is CCC(C)C(NC(=O)C(C)N)C(=O)NCC(=O)NC(CCCCN)C(=O)O. The first kappa shape index (κ1) is 24.8. The summed E-state index contributed by atoms with van der Waals surface area (Å²) in [6, 6.07) is -2.64. The molecule has 0 aliphatic heterocycles. The van der Waals surface area contributed by atoms with Crippen molar-refractivity contribution >= 4 is 23.7 Å². The molecule has 0 radical (unpaired) electrons. The molecule has 156 valence electrons. The molecular weight excluding hydrogens is 354 g/mol. The highest BCUT2D eigenvalue weighted by Crippen LogP contribution is 2.08. The van der Waals surface area contributed by atoms with Gasteiger partial charge in [-0.2, -0.15) is 0 Å². The van der Waals surface area contributed by atoms with Crippen molar-refractivity contribution < 1.29 is 24.3 Å². The molecule has 10 heteroatoms. The summed E-state index contributed by atoms with van der Waals surface area (Å²) in [6.07, 6.45) is 2.11. The number of hydrogen-bond donors (Lipinski definition) is 6. The molecule has 0 aromatic carbocycles. The molecule has 0 aromatic heterocycles. The molecule has 0 fully saturated rings. The van der Waals surface area contributed by atoms with E-state index in [1.807, 2.05) is 6.92 Å². The summed E-state index contributed by atoms with van der Waals surface area (Å²) in [7, 11) is 0. The van der Waals surface area contributed by atoms with Crippen LogP contribution in [0, 0.1) is 5.92 Å². The lowest BCUT2D eigenvalue weighted by molar-refractivity contribution is -0.142. The predicted octanol–water partition coefficient (Wildman–Crippen LogP) is -1.32. The highest BCUT2D eigenvalue weighted by molar-refractivity contribution is 5.92. The third-order valence-electron chi connectivity index (χ3n) is 4.21. The monoisotopic (exact) mass is 387 g/mol. The lowest BCUT2D eigenvalue weighted by Gasteiger charge is -2.24. The van der Waals surface area contributed by atoms with E-state index < -0.39 is 41.8 Å². The van der Waals surface area contributed by atoms with Gasteiger partial charge in [0.15, 0.2) is 0 Å². The number of amides is 3. The van der Waals surface area contributed by atoms with Crippen molar-refractivity contribution in [1.82, 2.24) is 16.0 Å². The first-order chi connectivity index (χ1) is 12.6. The fourth-order valence-corrected chi connectivity index (χ4v) is 2.26. The molecule has 0 rings (SSSR count). The Labute approximate surface area is 159 Å². The van der Waals surface area contributed by atoms with Crippen molar-refractivity contribution in [2.45, 2.75) is 64.6 Å². The van der Waals surface area contributed by atoms with Gasteiger partial charge in [-0.1, -0.05) is 20.3 Å². The molecular formula is C17H33N5O5. The Balaban J connectivity index is 4.69. The first-order valence-electron chi connectivity index (χ1n) is 9.19. The van der Waals surface area contributed by atoms with E-state index in [0.717, 1.165) is 0 Å². The van der Waals surface area contributed by atoms with Crippen LogP contribution in [-0.2, 0) is 19.2 Å². The van der Waals surface area contributed by atoms with Crippen LogP contribution in [0.15, 0.2) is 0 Å². The Morgan fingerprint density at radius 3 is 2.15 bits per heavy atom. The van der Waals surface area contributed by atoms with Crippen LogP contribution in [0.3, 0.4) is 0 Å². The lowest BCUT2D eigenvalue weighted by atomic mass is 9.98. The summed E-state index contributed by atoms with van der Waals surface area (Å²) in [6.45, 7) is 5.23. The number of carbonyl (C=O) groups excluding carboxylic acids is 3. The van der Waals surface area contributed by atoms with Crippen LogP contribution in [0.4, 0.5) is 0 Å². The number of nitrogens with one attached hydrogen (secondary N) is 3. The molecule has 8 N–H and O–H groups in total. The number of unbranched alkanes of at least 4 members (excludes halogenated alkanes) is 1. The highest BCUT2D eigenvalue weighted by Gasteiger charge is 2.27. The van der Waals surface area contributed by atoms with Gasteiger partial charge >= 0.3 is 5.97 Å². The standard InChI is InChI=1S/C17H33N5O5/c1-4-10(2)14(22-15(24)11(3)19)16(25)20-9-13(23)21-12(17(26)27)7-5-6-8-18/h10-12,14H,4-9,18-19H2,1-3H3,(H,20,25)(H,21,23)(H,22,24)(H,26,27). The molecule has 3 amide bonds. The number of rotatable bonds is 13. The third kappa shape index (κ3) is 9.90. The molecule has 4 atom stereocenters. The number of carboxylic acids is 1. The molecule has 0 saturated carbocycles. The molecule has 0 bridgehead atoms. The van der Waals surface area contributed by atoms with E-state index >= 15 is 0 Å². The normalized spacial score (nSPS) is 15.1. The van der Waals surface area contributed by atoms with E-state index in [1.54, 1.807) is 6.92 Å². The van der Waals surface area contributed by atoms with Gasteiger partial charge in [0.25, 0.3) is 0 Å². The maximum Gasteiger partial charge on any atom is 0.326 e. The van der Waals surface area contributed by atoms with Gasteiger partial charge < -0.3 is 32.5 Å². The zero-order valence-electron chi connectivity index (χ0n) is 16.3. The first-order valence-corrected chi connectivity index (χ1v) is 9.19. The Morgan fingerprint density at radius 1 is 1.04 bits per heavy atom. The number of carbonyl (C=O) groups is 4. The molecule has 0 aliphatic rings. The van der Waals surface area contributed by atoms with Crippen molar-refractivity contribution in [3.63, 3.8) is 0 Å². The molecule has 0 saturated heterocycles. The van der Waals surface area contributed by atoms with E-state index in [4.69, 9.17) is 16.6 Å². The number of aliphatic carboxylic acids is 1. The van der Waals surface area contributed by atoms with E-state index in [1.165, 1.54) is 6.92 Å². The van der Waals surface area contributed by atoms with Gasteiger partial charge in [-0.15, -0.1) is 0 Å². The van der Waals surface area contributed by atoms with Crippen LogP contribution < -0.4 is 27.4 Å². The molecule has 0 aliphatic carbocycles. The highest BCUT2D eigenvalue weighted by atomic mass is 16.4. The maximum atomic E-state index is 12.4. The number of hydrogen-bond acceptors (Lipinski definition) is 6. The van der Waals surface area contributed by atoms with Gasteiger partial charge in [-0.3, -0.25) is 14.4 Å². The van der Waals surface area contributed by atoms with Crippen molar-refractivity contribution in [2.75, 3.05) is 13.1 Å². The Kier molecular flexibility index (Phi) is 12.0. The predicted molar refractivity (Wildman–Crippen MR) is 101 cm³/mol. The minimum absolute atomic E-state index is 0.168. The van der Waals surface area contributed by atoms with E-state index in [-0.39, 0.29) is 18.9 Å². The van der Waals surface area contributed by atoms with Crippen molar-refractivity contribution in [3.8, 4) is 0 Å². The average molecular weight is 387 g/mol. The third-order valence-corrected chi connectivity index (χ3v) is 4.21. The summed E-state index contributed by atoms with van der Waals surface area (Å²) in [4.78, 5) is 47.3.